The molecule has 19 heavy (non-hydrogen) atoms. The molecule has 0 aliphatic rings. The van der Waals surface area contributed by atoms with Crippen LogP contribution in [0, 0.1) is 0 Å². The number of nitrogens with one attached hydrogen (secondary N) is 3. The summed E-state index contributed by atoms with van der Waals surface area (Å²) in [6, 6.07) is -0.117. The van der Waals surface area contributed by atoms with Gasteiger partial charge in [-0.05, 0) is 13.8 Å². The van der Waals surface area contributed by atoms with Crippen LogP contribution < -0.4 is 16.4 Å². The molecule has 2 heterocycles. The third-order valence-corrected chi connectivity index (χ3v) is 2.51. The summed E-state index contributed by atoms with van der Waals surface area (Å²) in [7, 11) is 0. The first-order chi connectivity index (χ1) is 9.10. The number of carbonyl (C=O) groups excluding carboxylic acids is 1. The summed E-state index contributed by atoms with van der Waals surface area (Å²) in [4.78, 5) is 26.6. The highest BCUT2D eigenvalue weighted by molar-refractivity contribution is 5.84. The highest BCUT2D eigenvalue weighted by atomic mass is 16.1. The van der Waals surface area contributed by atoms with E-state index in [2.05, 4.69) is 30.6 Å². The molecule has 0 aliphatic heterocycles. The summed E-state index contributed by atoms with van der Waals surface area (Å²) in [5.74, 6) is 0.741. The number of hydrogen-bond donors (Lipinski definition) is 4. The Morgan fingerprint density at radius 1 is 1.53 bits per heavy atom. The molecular weight excluding hydrogens is 246 g/mol. The summed E-state index contributed by atoms with van der Waals surface area (Å²) >= 11 is 0. The molecule has 0 fully saturated rings. The average Bonchev–Trinajstić information content (AvgIpc) is 2.76. The summed E-state index contributed by atoms with van der Waals surface area (Å²) in [6.45, 7) is 4.54. The Morgan fingerprint density at radius 3 is 3.00 bits per heavy atom. The highest BCUT2D eigenvalue weighted by Crippen LogP contribution is 2.19. The molecule has 2 rings (SSSR count). The number of carbonyl (C=O) groups is 1. The molecule has 2 aromatic heterocycles. The van der Waals surface area contributed by atoms with Crippen LogP contribution in [0.5, 0.6) is 0 Å². The van der Waals surface area contributed by atoms with Crippen LogP contribution in [-0.2, 0) is 4.79 Å². The van der Waals surface area contributed by atoms with Crippen LogP contribution in [0.15, 0.2) is 6.33 Å². The summed E-state index contributed by atoms with van der Waals surface area (Å²) < 4.78 is 0. The Bertz CT molecular complexity index is 579. The SMILES string of the molecule is CCNc1nc(NC(C)CC(N)=O)c2[nH]cnc2n1. The molecule has 0 saturated carbocycles. The molecule has 1 amide bonds. The minimum atomic E-state index is -0.359. The summed E-state index contributed by atoms with van der Waals surface area (Å²) in [5.41, 5.74) is 6.45. The number of H-pyrrole nitrogens is 1. The van der Waals surface area contributed by atoms with E-state index in [0.717, 1.165) is 0 Å². The first-order valence-electron chi connectivity index (χ1n) is 6.10. The van der Waals surface area contributed by atoms with Crippen molar-refractivity contribution < 1.29 is 4.79 Å². The molecule has 0 spiro atoms. The average molecular weight is 263 g/mol. The van der Waals surface area contributed by atoms with E-state index in [1.807, 2.05) is 13.8 Å². The number of nitrogens with zero attached hydrogens (tertiary/aromatic N) is 3. The maximum atomic E-state index is 10.9. The van der Waals surface area contributed by atoms with Gasteiger partial charge >= 0.3 is 0 Å². The zero-order valence-corrected chi connectivity index (χ0v) is 10.9. The van der Waals surface area contributed by atoms with Gasteiger partial charge in [-0.1, -0.05) is 0 Å². The lowest BCUT2D eigenvalue weighted by molar-refractivity contribution is -0.118. The molecule has 1 atom stereocenters. The van der Waals surface area contributed by atoms with Crippen molar-refractivity contribution in [2.75, 3.05) is 17.2 Å². The molecule has 0 saturated heterocycles. The third kappa shape index (κ3) is 3.09. The lowest BCUT2D eigenvalue weighted by Gasteiger charge is -2.14. The van der Waals surface area contributed by atoms with Crippen LogP contribution in [0.1, 0.15) is 20.3 Å². The lowest BCUT2D eigenvalue weighted by atomic mass is 10.2. The van der Waals surface area contributed by atoms with Crippen molar-refractivity contribution in [1.29, 1.82) is 0 Å². The minimum Gasteiger partial charge on any atom is -0.370 e. The molecule has 8 heteroatoms. The molecule has 2 aromatic rings. The van der Waals surface area contributed by atoms with Crippen molar-refractivity contribution in [3.05, 3.63) is 6.33 Å². The van der Waals surface area contributed by atoms with Crippen LogP contribution in [0.3, 0.4) is 0 Å². The number of aromatic nitrogens is 4. The second-order valence-electron chi connectivity index (χ2n) is 4.24. The number of anilines is 2. The van der Waals surface area contributed by atoms with Gasteiger partial charge in [0.1, 0.15) is 5.52 Å². The van der Waals surface area contributed by atoms with Crippen LogP contribution in [0.2, 0.25) is 0 Å². The van der Waals surface area contributed by atoms with E-state index in [1.54, 1.807) is 6.33 Å². The summed E-state index contributed by atoms with van der Waals surface area (Å²) in [6.07, 6.45) is 1.79. The number of hydrogen-bond acceptors (Lipinski definition) is 6. The monoisotopic (exact) mass is 263 g/mol. The normalized spacial score (nSPS) is 12.3. The van der Waals surface area contributed by atoms with Crippen molar-refractivity contribution in [2.24, 2.45) is 5.73 Å². The van der Waals surface area contributed by atoms with Gasteiger partial charge in [0.15, 0.2) is 11.5 Å². The van der Waals surface area contributed by atoms with E-state index in [9.17, 15) is 4.79 Å². The second kappa shape index (κ2) is 5.51. The molecular formula is C11H17N7O. The van der Waals surface area contributed by atoms with E-state index in [4.69, 9.17) is 5.73 Å². The van der Waals surface area contributed by atoms with Gasteiger partial charge in [-0.3, -0.25) is 4.79 Å². The van der Waals surface area contributed by atoms with Crippen molar-refractivity contribution in [3.8, 4) is 0 Å². The molecule has 1 unspecified atom stereocenters. The summed E-state index contributed by atoms with van der Waals surface area (Å²) in [5, 5.41) is 6.17. The molecule has 0 aromatic carbocycles. The van der Waals surface area contributed by atoms with E-state index in [-0.39, 0.29) is 18.4 Å². The molecule has 102 valence electrons. The molecule has 5 N–H and O–H groups in total. The lowest BCUT2D eigenvalue weighted by Crippen LogP contribution is -2.24. The van der Waals surface area contributed by atoms with Gasteiger partial charge in [-0.25, -0.2) is 4.98 Å². The van der Waals surface area contributed by atoms with E-state index in [0.29, 0.717) is 29.5 Å². The Morgan fingerprint density at radius 2 is 2.32 bits per heavy atom. The fourth-order valence-corrected chi connectivity index (χ4v) is 1.76. The van der Waals surface area contributed by atoms with E-state index in [1.165, 1.54) is 0 Å². The smallest absolute Gasteiger partial charge is 0.226 e. The third-order valence-electron chi connectivity index (χ3n) is 2.51. The van der Waals surface area contributed by atoms with Crippen LogP contribution in [0.4, 0.5) is 11.8 Å². The van der Waals surface area contributed by atoms with Crippen LogP contribution in [0.25, 0.3) is 11.2 Å². The Kier molecular flexibility index (Phi) is 3.79. The van der Waals surface area contributed by atoms with Crippen molar-refractivity contribution in [3.63, 3.8) is 0 Å². The Labute approximate surface area is 110 Å². The maximum Gasteiger partial charge on any atom is 0.226 e. The highest BCUT2D eigenvalue weighted by Gasteiger charge is 2.13. The van der Waals surface area contributed by atoms with Crippen molar-refractivity contribution >= 4 is 28.8 Å². The van der Waals surface area contributed by atoms with Gasteiger partial charge in [0, 0.05) is 19.0 Å². The first kappa shape index (κ1) is 13.1. The number of primary amides is 1. The number of rotatable bonds is 6. The molecule has 8 nitrogen and oxygen atoms in total. The topological polar surface area (TPSA) is 122 Å². The minimum absolute atomic E-state index is 0.117. The van der Waals surface area contributed by atoms with Crippen molar-refractivity contribution in [1.82, 2.24) is 19.9 Å². The van der Waals surface area contributed by atoms with Gasteiger partial charge in [0.05, 0.1) is 6.33 Å². The number of fused-ring (bicyclic) bond motifs is 1. The van der Waals surface area contributed by atoms with Gasteiger partial charge < -0.3 is 21.4 Å². The number of amides is 1. The zero-order chi connectivity index (χ0) is 13.8. The quantitative estimate of drug-likeness (QED) is 0.600. The van der Waals surface area contributed by atoms with Gasteiger partial charge in [0.25, 0.3) is 0 Å². The number of nitrogens with two attached hydrogens (primary N) is 1. The largest absolute Gasteiger partial charge is 0.370 e. The molecule has 0 aliphatic carbocycles. The predicted molar refractivity (Wildman–Crippen MR) is 72.7 cm³/mol. The van der Waals surface area contributed by atoms with E-state index < -0.39 is 0 Å². The molecule has 0 bridgehead atoms. The fraction of sp³-hybridized carbons (Fsp3) is 0.455. The van der Waals surface area contributed by atoms with Crippen molar-refractivity contribution in [2.45, 2.75) is 26.3 Å². The maximum absolute atomic E-state index is 10.9. The predicted octanol–water partition coefficient (Wildman–Crippen LogP) is 0.460. The standard InChI is InChI=1S/C11H17N7O/c1-3-13-11-17-9-8(14-5-15-9)10(18-11)16-6(2)4-7(12)19/h5-6H,3-4H2,1-2H3,(H2,12,19)(H3,13,14,15,16,17,18). The van der Waals surface area contributed by atoms with Crippen LogP contribution in [-0.4, -0.2) is 38.4 Å². The fourth-order valence-electron chi connectivity index (χ4n) is 1.76. The van der Waals surface area contributed by atoms with E-state index >= 15 is 0 Å². The Hall–Kier alpha value is -2.38. The molecule has 0 radical (unpaired) electrons. The number of imidazole rings is 1. The Balaban J connectivity index is 2.29. The first-order valence-corrected chi connectivity index (χ1v) is 6.10. The number of aromatic amines is 1. The van der Waals surface area contributed by atoms with Gasteiger partial charge in [0.2, 0.25) is 11.9 Å². The second-order valence-corrected chi connectivity index (χ2v) is 4.24. The van der Waals surface area contributed by atoms with Gasteiger partial charge in [-0.2, -0.15) is 9.97 Å². The zero-order valence-electron chi connectivity index (χ0n) is 10.9. The van der Waals surface area contributed by atoms with Gasteiger partial charge in [-0.15, -0.1) is 0 Å². The van der Waals surface area contributed by atoms with Crippen LogP contribution >= 0.6 is 0 Å².